The highest BCUT2D eigenvalue weighted by Gasteiger charge is 2.37. The van der Waals surface area contributed by atoms with Gasteiger partial charge in [-0.2, -0.15) is 18.2 Å². The van der Waals surface area contributed by atoms with E-state index in [2.05, 4.69) is 19.8 Å². The molecule has 2 aromatic heterocycles. The lowest BCUT2D eigenvalue weighted by Crippen LogP contribution is -2.15. The number of alkyl halides is 3. The molecule has 1 aromatic carbocycles. The van der Waals surface area contributed by atoms with Crippen molar-refractivity contribution < 1.29 is 17.7 Å². The molecule has 2 heterocycles. The molecule has 0 saturated carbocycles. The highest BCUT2D eigenvalue weighted by molar-refractivity contribution is 5.52. The smallest absolute Gasteiger partial charge is 0.332 e. The molecule has 0 radical (unpaired) electrons. The molecular weight excluding hydrogens is 301 g/mol. The second-order valence-electron chi connectivity index (χ2n) is 4.51. The Morgan fingerprint density at radius 3 is 2.50 bits per heavy atom. The zero-order valence-corrected chi connectivity index (χ0v) is 11.2. The minimum Gasteiger partial charge on any atom is -0.332 e. The number of hydrogen-bond donors (Lipinski definition) is 1. The summed E-state index contributed by atoms with van der Waals surface area (Å²) in [7, 11) is 0. The van der Waals surface area contributed by atoms with Crippen LogP contribution in [0.3, 0.4) is 0 Å². The van der Waals surface area contributed by atoms with Gasteiger partial charge < -0.3 is 4.52 Å². The molecule has 0 atom stereocenters. The lowest BCUT2D eigenvalue weighted by molar-refractivity contribution is -0.146. The van der Waals surface area contributed by atoms with Gasteiger partial charge in [0.2, 0.25) is 0 Å². The van der Waals surface area contributed by atoms with E-state index >= 15 is 0 Å². The zero-order valence-electron chi connectivity index (χ0n) is 11.2. The first-order valence-electron chi connectivity index (χ1n) is 6.16. The Morgan fingerprint density at radius 1 is 1.23 bits per heavy atom. The van der Waals surface area contributed by atoms with Gasteiger partial charge >= 0.3 is 6.18 Å². The van der Waals surface area contributed by atoms with E-state index in [0.29, 0.717) is 5.69 Å². The van der Waals surface area contributed by atoms with Crippen LogP contribution in [0.5, 0.6) is 0 Å². The fraction of sp³-hybridized carbons (Fsp3) is 0.154. The van der Waals surface area contributed by atoms with Crippen molar-refractivity contribution in [1.29, 1.82) is 0 Å². The maximum absolute atomic E-state index is 12.5. The molecular formula is C13H9F3N4O2. The van der Waals surface area contributed by atoms with Gasteiger partial charge in [-0.3, -0.25) is 9.89 Å². The van der Waals surface area contributed by atoms with E-state index in [1.165, 1.54) is 11.6 Å². The number of aromatic amines is 1. The Kier molecular flexibility index (Phi) is 3.12. The van der Waals surface area contributed by atoms with Gasteiger partial charge in [0, 0.05) is 5.56 Å². The zero-order chi connectivity index (χ0) is 15.9. The van der Waals surface area contributed by atoms with E-state index in [-0.39, 0.29) is 11.3 Å². The molecule has 114 valence electrons. The van der Waals surface area contributed by atoms with Crippen molar-refractivity contribution in [3.8, 4) is 17.3 Å². The van der Waals surface area contributed by atoms with Crippen molar-refractivity contribution in [1.82, 2.24) is 19.9 Å². The van der Waals surface area contributed by atoms with E-state index in [4.69, 9.17) is 0 Å². The van der Waals surface area contributed by atoms with E-state index in [9.17, 15) is 18.0 Å². The van der Waals surface area contributed by atoms with Crippen molar-refractivity contribution in [2.24, 2.45) is 0 Å². The van der Waals surface area contributed by atoms with E-state index in [1.807, 2.05) is 0 Å². The number of aromatic nitrogens is 4. The summed E-state index contributed by atoms with van der Waals surface area (Å²) in [6.07, 6.45) is -4.71. The summed E-state index contributed by atoms with van der Waals surface area (Å²) in [6, 6.07) is 8.59. The summed E-state index contributed by atoms with van der Waals surface area (Å²) in [6.45, 7) is 1.46. The van der Waals surface area contributed by atoms with Crippen LogP contribution in [0.2, 0.25) is 0 Å². The van der Waals surface area contributed by atoms with Crippen LogP contribution < -0.4 is 5.56 Å². The third-order valence-corrected chi connectivity index (χ3v) is 3.03. The summed E-state index contributed by atoms with van der Waals surface area (Å²) in [4.78, 5) is 15.5. The Bertz CT molecular complexity index is 862. The molecule has 0 aliphatic carbocycles. The third-order valence-electron chi connectivity index (χ3n) is 3.03. The maximum atomic E-state index is 12.5. The van der Waals surface area contributed by atoms with Crippen LogP contribution in [-0.4, -0.2) is 19.9 Å². The van der Waals surface area contributed by atoms with Crippen molar-refractivity contribution in [2.45, 2.75) is 13.1 Å². The summed E-state index contributed by atoms with van der Waals surface area (Å²) in [5.74, 6) is -1.79. The van der Waals surface area contributed by atoms with Gasteiger partial charge in [-0.15, -0.1) is 0 Å². The molecule has 0 bridgehead atoms. The number of benzene rings is 1. The molecule has 0 amide bonds. The average Bonchev–Trinajstić information content (AvgIpc) is 3.07. The topological polar surface area (TPSA) is 76.7 Å². The van der Waals surface area contributed by atoms with Gasteiger partial charge in [-0.1, -0.05) is 23.4 Å². The van der Waals surface area contributed by atoms with Crippen molar-refractivity contribution in [3.05, 3.63) is 52.1 Å². The monoisotopic (exact) mass is 310 g/mol. The first-order chi connectivity index (χ1) is 10.4. The summed E-state index contributed by atoms with van der Waals surface area (Å²) in [5.41, 5.74) is 0.364. The normalized spacial score (nSPS) is 11.8. The molecule has 0 saturated heterocycles. The highest BCUT2D eigenvalue weighted by atomic mass is 19.4. The number of hydrogen-bond acceptors (Lipinski definition) is 4. The summed E-state index contributed by atoms with van der Waals surface area (Å²) >= 11 is 0. The predicted octanol–water partition coefficient (Wildman–Crippen LogP) is 2.54. The first-order valence-corrected chi connectivity index (χ1v) is 6.16. The fourth-order valence-corrected chi connectivity index (χ4v) is 1.93. The predicted molar refractivity (Wildman–Crippen MR) is 69.4 cm³/mol. The maximum Gasteiger partial charge on any atom is 0.455 e. The van der Waals surface area contributed by atoms with Gasteiger partial charge in [0.1, 0.15) is 5.69 Å². The molecule has 0 aliphatic rings. The number of H-pyrrole nitrogens is 1. The van der Waals surface area contributed by atoms with Gasteiger partial charge in [0.25, 0.3) is 17.3 Å². The van der Waals surface area contributed by atoms with Crippen LogP contribution >= 0.6 is 0 Å². The van der Waals surface area contributed by atoms with Crippen LogP contribution in [0.1, 0.15) is 11.4 Å². The van der Waals surface area contributed by atoms with E-state index in [0.717, 1.165) is 0 Å². The van der Waals surface area contributed by atoms with Gasteiger partial charge in [-0.05, 0) is 19.1 Å². The van der Waals surface area contributed by atoms with Gasteiger partial charge in [0.05, 0.1) is 5.69 Å². The Hall–Kier alpha value is -2.84. The second-order valence-corrected chi connectivity index (χ2v) is 4.51. The Balaban J connectivity index is 2.10. The molecule has 0 spiro atoms. The van der Waals surface area contributed by atoms with Crippen LogP contribution in [0.25, 0.3) is 17.3 Å². The fourth-order valence-electron chi connectivity index (χ4n) is 1.93. The lowest BCUT2D eigenvalue weighted by Gasteiger charge is -1.99. The molecule has 22 heavy (non-hydrogen) atoms. The molecule has 3 aromatic rings. The minimum absolute atomic E-state index is 0.0526. The van der Waals surface area contributed by atoms with Crippen LogP contribution in [0.4, 0.5) is 13.2 Å². The quantitative estimate of drug-likeness (QED) is 0.789. The molecule has 3 rings (SSSR count). The number of rotatable bonds is 2. The van der Waals surface area contributed by atoms with Gasteiger partial charge in [0.15, 0.2) is 0 Å². The van der Waals surface area contributed by atoms with Crippen LogP contribution in [-0.2, 0) is 6.18 Å². The Morgan fingerprint density at radius 2 is 1.91 bits per heavy atom. The number of nitrogens with one attached hydrogen (secondary N) is 1. The molecule has 0 fully saturated rings. The first kappa shape index (κ1) is 14.1. The van der Waals surface area contributed by atoms with Crippen LogP contribution in [0.15, 0.2) is 39.6 Å². The molecule has 1 N–H and O–H groups in total. The van der Waals surface area contributed by atoms with Crippen molar-refractivity contribution in [3.63, 3.8) is 0 Å². The summed E-state index contributed by atoms with van der Waals surface area (Å²) in [5, 5.41) is 5.56. The molecule has 9 heteroatoms. The lowest BCUT2D eigenvalue weighted by atomic mass is 10.3. The van der Waals surface area contributed by atoms with Gasteiger partial charge in [-0.25, -0.2) is 4.68 Å². The van der Waals surface area contributed by atoms with E-state index in [1.54, 1.807) is 30.3 Å². The number of nitrogens with zero attached hydrogens (tertiary/aromatic N) is 3. The SMILES string of the molecule is Cc1c(-c2nc(C(F)(F)F)no2)[nH]n(-c2ccccc2)c1=O. The second kappa shape index (κ2) is 4.86. The standard InChI is InChI=1S/C13H9F3N4O2/c1-7-9(10-17-12(19-22-10)13(14,15)16)18-20(11(7)21)8-5-3-2-4-6-8/h2-6,18H,1H3. The van der Waals surface area contributed by atoms with E-state index < -0.39 is 23.5 Å². The minimum atomic E-state index is -4.71. The average molecular weight is 310 g/mol. The molecule has 0 aliphatic heterocycles. The highest BCUT2D eigenvalue weighted by Crippen LogP contribution is 2.28. The van der Waals surface area contributed by atoms with Crippen molar-refractivity contribution >= 4 is 0 Å². The van der Waals surface area contributed by atoms with Crippen molar-refractivity contribution in [2.75, 3.05) is 0 Å². The molecule has 0 unspecified atom stereocenters. The third kappa shape index (κ3) is 2.30. The Labute approximate surface area is 121 Å². The number of para-hydroxylation sites is 1. The summed E-state index contributed by atoms with van der Waals surface area (Å²) < 4.78 is 43.3. The largest absolute Gasteiger partial charge is 0.455 e. The number of halogens is 3. The van der Waals surface area contributed by atoms with Crippen LogP contribution in [0, 0.1) is 6.92 Å². The molecule has 6 nitrogen and oxygen atoms in total.